The molecule has 0 spiro atoms. The molecule has 0 unspecified atom stereocenters. The summed E-state index contributed by atoms with van der Waals surface area (Å²) < 4.78 is 5.25. The topological polar surface area (TPSA) is 63.7 Å². The van der Waals surface area contributed by atoms with Crippen LogP contribution in [-0.4, -0.2) is 48.0 Å². The number of benzene rings is 2. The third kappa shape index (κ3) is 5.81. The molecule has 0 aromatic heterocycles. The van der Waals surface area contributed by atoms with Gasteiger partial charge < -0.3 is 9.64 Å². The van der Waals surface area contributed by atoms with Crippen LogP contribution in [-0.2, 0) is 14.3 Å². The molecule has 1 aliphatic rings. The molecule has 0 aliphatic carbocycles. The molecule has 2 aromatic rings. The molecule has 0 bridgehead atoms. The summed E-state index contributed by atoms with van der Waals surface area (Å²) in [5.74, 6) is -0.452. The molecule has 1 heterocycles. The summed E-state index contributed by atoms with van der Waals surface area (Å²) in [6.07, 6.45) is 2.82. The van der Waals surface area contributed by atoms with E-state index < -0.39 is 5.97 Å². The summed E-state index contributed by atoms with van der Waals surface area (Å²) in [5, 5.41) is 0. The SMILES string of the molecule is CC(=O)CSc1ccccc1C(=O)OCC(=O)N1CC=C(c2ccccc2)CC1. The summed E-state index contributed by atoms with van der Waals surface area (Å²) >= 11 is 1.29. The standard InChI is InChI=1S/C23H23NO4S/c1-17(25)16-29-21-10-6-5-9-20(21)23(27)28-15-22(26)24-13-11-19(12-14-24)18-7-3-2-4-8-18/h2-11H,12-16H2,1H3. The first-order valence-corrected chi connectivity index (χ1v) is 10.4. The molecule has 1 aliphatic heterocycles. The quantitative estimate of drug-likeness (QED) is 0.514. The fraction of sp³-hybridized carbons (Fsp3) is 0.261. The van der Waals surface area contributed by atoms with Crippen molar-refractivity contribution in [1.29, 1.82) is 0 Å². The number of esters is 1. The zero-order valence-electron chi connectivity index (χ0n) is 16.3. The molecule has 29 heavy (non-hydrogen) atoms. The van der Waals surface area contributed by atoms with Gasteiger partial charge in [0.05, 0.1) is 11.3 Å². The minimum absolute atomic E-state index is 0.0290. The minimum atomic E-state index is -0.553. The van der Waals surface area contributed by atoms with Crippen LogP contribution >= 0.6 is 11.8 Å². The Labute approximate surface area is 174 Å². The number of hydrogen-bond donors (Lipinski definition) is 0. The van der Waals surface area contributed by atoms with Gasteiger partial charge in [-0.05, 0) is 36.6 Å². The van der Waals surface area contributed by atoms with Crippen LogP contribution < -0.4 is 0 Å². The molecule has 0 saturated carbocycles. The van der Waals surface area contributed by atoms with E-state index >= 15 is 0 Å². The number of nitrogens with zero attached hydrogens (tertiary/aromatic N) is 1. The van der Waals surface area contributed by atoms with Crippen LogP contribution in [0.15, 0.2) is 65.6 Å². The van der Waals surface area contributed by atoms with E-state index in [0.29, 0.717) is 23.5 Å². The van der Waals surface area contributed by atoms with Gasteiger partial charge in [-0.2, -0.15) is 0 Å². The Hall–Kier alpha value is -2.86. The van der Waals surface area contributed by atoms with Crippen LogP contribution in [0.2, 0.25) is 0 Å². The monoisotopic (exact) mass is 409 g/mol. The van der Waals surface area contributed by atoms with Gasteiger partial charge in [-0.1, -0.05) is 48.5 Å². The van der Waals surface area contributed by atoms with Gasteiger partial charge >= 0.3 is 5.97 Å². The van der Waals surface area contributed by atoms with Crippen molar-refractivity contribution in [1.82, 2.24) is 4.90 Å². The van der Waals surface area contributed by atoms with Crippen molar-refractivity contribution in [3.8, 4) is 0 Å². The van der Waals surface area contributed by atoms with Gasteiger partial charge in [0.25, 0.3) is 5.91 Å². The summed E-state index contributed by atoms with van der Waals surface area (Å²) in [6, 6.07) is 17.1. The molecule has 6 heteroatoms. The zero-order chi connectivity index (χ0) is 20.6. The van der Waals surface area contributed by atoms with E-state index in [9.17, 15) is 14.4 Å². The maximum atomic E-state index is 12.4. The third-order valence-corrected chi connectivity index (χ3v) is 5.79. The average molecular weight is 410 g/mol. The van der Waals surface area contributed by atoms with Crippen molar-refractivity contribution >= 4 is 35.0 Å². The second kappa shape index (κ2) is 10.1. The van der Waals surface area contributed by atoms with Crippen LogP contribution in [0.4, 0.5) is 0 Å². The smallest absolute Gasteiger partial charge is 0.339 e. The molecular formula is C23H23NO4S. The van der Waals surface area contributed by atoms with Gasteiger partial charge in [-0.25, -0.2) is 4.79 Å². The Balaban J connectivity index is 1.54. The fourth-order valence-electron chi connectivity index (χ4n) is 3.05. The van der Waals surface area contributed by atoms with Crippen molar-refractivity contribution in [3.63, 3.8) is 0 Å². The van der Waals surface area contributed by atoms with E-state index in [0.717, 1.165) is 6.42 Å². The highest BCUT2D eigenvalue weighted by molar-refractivity contribution is 8.00. The van der Waals surface area contributed by atoms with Crippen molar-refractivity contribution in [2.45, 2.75) is 18.2 Å². The first-order valence-electron chi connectivity index (χ1n) is 9.45. The van der Waals surface area contributed by atoms with Gasteiger partial charge in [-0.3, -0.25) is 9.59 Å². The Morgan fingerprint density at radius 3 is 2.45 bits per heavy atom. The van der Waals surface area contributed by atoms with Gasteiger partial charge in [0, 0.05) is 18.0 Å². The minimum Gasteiger partial charge on any atom is -0.452 e. The molecule has 0 saturated heterocycles. The highest BCUT2D eigenvalue weighted by Gasteiger charge is 2.20. The van der Waals surface area contributed by atoms with Crippen LogP contribution in [0.3, 0.4) is 0 Å². The first kappa shape index (κ1) is 20.9. The fourth-order valence-corrected chi connectivity index (χ4v) is 3.89. The summed E-state index contributed by atoms with van der Waals surface area (Å²) in [4.78, 5) is 38.5. The largest absolute Gasteiger partial charge is 0.452 e. The predicted molar refractivity (Wildman–Crippen MR) is 114 cm³/mol. The number of ether oxygens (including phenoxy) is 1. The highest BCUT2D eigenvalue weighted by atomic mass is 32.2. The molecule has 1 amide bonds. The Kier molecular flexibility index (Phi) is 7.25. The van der Waals surface area contributed by atoms with E-state index in [1.807, 2.05) is 24.3 Å². The lowest BCUT2D eigenvalue weighted by atomic mass is 10.00. The molecule has 2 aromatic carbocycles. The van der Waals surface area contributed by atoms with E-state index in [4.69, 9.17) is 4.74 Å². The average Bonchev–Trinajstić information content (AvgIpc) is 2.76. The summed E-state index contributed by atoms with van der Waals surface area (Å²) in [5.41, 5.74) is 2.77. The zero-order valence-corrected chi connectivity index (χ0v) is 17.1. The number of hydrogen-bond acceptors (Lipinski definition) is 5. The van der Waals surface area contributed by atoms with Gasteiger partial charge in [0.1, 0.15) is 5.78 Å². The highest BCUT2D eigenvalue weighted by Crippen LogP contribution is 2.24. The number of rotatable bonds is 7. The number of amides is 1. The Morgan fingerprint density at radius 2 is 1.76 bits per heavy atom. The Bertz CT molecular complexity index is 923. The molecule has 5 nitrogen and oxygen atoms in total. The van der Waals surface area contributed by atoms with Crippen LogP contribution in [0.1, 0.15) is 29.3 Å². The van der Waals surface area contributed by atoms with Gasteiger partial charge in [0.15, 0.2) is 6.61 Å². The number of thioether (sulfide) groups is 1. The van der Waals surface area contributed by atoms with Crippen LogP contribution in [0.25, 0.3) is 5.57 Å². The number of ketones is 1. The van der Waals surface area contributed by atoms with E-state index in [2.05, 4.69) is 12.1 Å². The van der Waals surface area contributed by atoms with Crippen molar-refractivity contribution in [2.75, 3.05) is 25.4 Å². The van der Waals surface area contributed by atoms with Crippen LogP contribution in [0, 0.1) is 0 Å². The maximum Gasteiger partial charge on any atom is 0.339 e. The number of carbonyl (C=O) groups excluding carboxylic acids is 3. The van der Waals surface area contributed by atoms with Crippen molar-refractivity contribution < 1.29 is 19.1 Å². The first-order chi connectivity index (χ1) is 14.0. The Morgan fingerprint density at radius 1 is 1.03 bits per heavy atom. The maximum absolute atomic E-state index is 12.4. The summed E-state index contributed by atoms with van der Waals surface area (Å²) in [6.45, 7) is 2.32. The lowest BCUT2D eigenvalue weighted by Gasteiger charge is -2.26. The lowest BCUT2D eigenvalue weighted by Crippen LogP contribution is -2.37. The second-order valence-corrected chi connectivity index (χ2v) is 7.77. The third-order valence-electron chi connectivity index (χ3n) is 4.57. The van der Waals surface area contributed by atoms with Gasteiger partial charge in [0.2, 0.25) is 0 Å². The molecular weight excluding hydrogens is 386 g/mol. The summed E-state index contributed by atoms with van der Waals surface area (Å²) in [7, 11) is 0. The molecule has 0 radical (unpaired) electrons. The number of carbonyl (C=O) groups is 3. The molecule has 0 fully saturated rings. The molecule has 0 atom stereocenters. The van der Waals surface area contributed by atoms with Crippen molar-refractivity contribution in [2.24, 2.45) is 0 Å². The number of Topliss-reactive ketones (excluding diaryl/α,β-unsaturated/α-hetero) is 1. The molecule has 150 valence electrons. The normalized spacial score (nSPS) is 13.6. The molecule has 3 rings (SSSR count). The second-order valence-electron chi connectivity index (χ2n) is 6.75. The van der Waals surface area contributed by atoms with Crippen molar-refractivity contribution in [3.05, 3.63) is 71.8 Å². The molecule has 0 N–H and O–H groups in total. The van der Waals surface area contributed by atoms with E-state index in [1.54, 1.807) is 29.2 Å². The van der Waals surface area contributed by atoms with Crippen LogP contribution in [0.5, 0.6) is 0 Å². The van der Waals surface area contributed by atoms with Gasteiger partial charge in [-0.15, -0.1) is 11.8 Å². The predicted octanol–water partition coefficient (Wildman–Crippen LogP) is 3.84. The van der Waals surface area contributed by atoms with E-state index in [-0.39, 0.29) is 24.1 Å². The van der Waals surface area contributed by atoms with E-state index in [1.165, 1.54) is 29.8 Å². The lowest BCUT2D eigenvalue weighted by molar-refractivity contribution is -0.134.